The molecule has 2 heteroatoms. The van der Waals surface area contributed by atoms with Gasteiger partial charge in [-0.3, -0.25) is 4.79 Å². The summed E-state index contributed by atoms with van der Waals surface area (Å²) < 4.78 is 0. The summed E-state index contributed by atoms with van der Waals surface area (Å²) in [6.07, 6.45) is 0.285. The van der Waals surface area contributed by atoms with Gasteiger partial charge in [0.25, 0.3) is 0 Å². The molecule has 0 aromatic heterocycles. The van der Waals surface area contributed by atoms with Gasteiger partial charge in [0.05, 0.1) is 13.0 Å². The molecule has 0 spiro atoms. The molecule has 0 radical (unpaired) electrons. The number of carbonyl (C=O) groups excluding carboxylic acids is 1. The third-order valence-corrected chi connectivity index (χ3v) is 0.977. The predicted molar refractivity (Wildman–Crippen MR) is 45.9 cm³/mol. The topological polar surface area (TPSA) is 43.1 Å². The Kier molecular flexibility index (Phi) is 3.84. The van der Waals surface area contributed by atoms with Crippen molar-refractivity contribution in [1.29, 1.82) is 0 Å². The molecule has 0 aromatic carbocycles. The van der Waals surface area contributed by atoms with E-state index in [4.69, 9.17) is 5.73 Å². The van der Waals surface area contributed by atoms with Crippen molar-refractivity contribution in [1.82, 2.24) is 0 Å². The molecule has 0 aliphatic carbocycles. The Labute approximate surface area is 68.2 Å². The molecule has 0 aliphatic rings. The largest absolute Gasteiger partial charge is 0.324 e. The highest BCUT2D eigenvalue weighted by molar-refractivity contribution is 5.82. The molecule has 0 rings (SSSR count). The average Bonchev–Trinajstić information content (AvgIpc) is 1.85. The Morgan fingerprint density at radius 3 is 2.36 bits per heavy atom. The fourth-order valence-electron chi connectivity index (χ4n) is 0.480. The molecule has 0 saturated heterocycles. The maximum Gasteiger partial charge on any atom is 0.158 e. The first-order chi connectivity index (χ1) is 4.95. The van der Waals surface area contributed by atoms with E-state index in [1.54, 1.807) is 0 Å². The number of ketones is 1. The Morgan fingerprint density at radius 2 is 2.00 bits per heavy atom. The van der Waals surface area contributed by atoms with Crippen molar-refractivity contribution in [3.05, 3.63) is 0 Å². The molecule has 0 unspecified atom stereocenters. The van der Waals surface area contributed by atoms with E-state index >= 15 is 0 Å². The molecule has 0 heterocycles. The third kappa shape index (κ3) is 7.08. The maximum absolute atomic E-state index is 10.7. The molecule has 0 bridgehead atoms. The summed E-state index contributed by atoms with van der Waals surface area (Å²) in [6, 6.07) is 0. The summed E-state index contributed by atoms with van der Waals surface area (Å²) in [5.41, 5.74) is 5.09. The van der Waals surface area contributed by atoms with Crippen molar-refractivity contribution in [2.45, 2.75) is 27.2 Å². The van der Waals surface area contributed by atoms with Crippen molar-refractivity contribution >= 4 is 5.78 Å². The Bertz CT molecular complexity index is 190. The summed E-state index contributed by atoms with van der Waals surface area (Å²) in [5.74, 6) is 5.76. The van der Waals surface area contributed by atoms with E-state index < -0.39 is 0 Å². The second-order valence-corrected chi connectivity index (χ2v) is 3.47. The summed E-state index contributed by atoms with van der Waals surface area (Å²) in [5, 5.41) is 0. The molecule has 62 valence electrons. The van der Waals surface area contributed by atoms with Gasteiger partial charge in [-0.25, -0.2) is 0 Å². The van der Waals surface area contributed by atoms with E-state index in [0.717, 1.165) is 0 Å². The van der Waals surface area contributed by atoms with Crippen molar-refractivity contribution < 1.29 is 4.79 Å². The van der Waals surface area contributed by atoms with Crippen LogP contribution in [-0.2, 0) is 4.79 Å². The first-order valence-corrected chi connectivity index (χ1v) is 3.67. The normalized spacial score (nSPS) is 10.2. The van der Waals surface area contributed by atoms with Crippen LogP contribution in [-0.4, -0.2) is 12.3 Å². The smallest absolute Gasteiger partial charge is 0.158 e. The predicted octanol–water partition coefficient (Wildman–Crippen LogP) is 0.954. The molecule has 2 N–H and O–H groups in total. The molecule has 0 saturated carbocycles. The highest BCUT2D eigenvalue weighted by atomic mass is 16.1. The zero-order chi connectivity index (χ0) is 8.91. The van der Waals surface area contributed by atoms with Crippen LogP contribution in [0.4, 0.5) is 0 Å². The van der Waals surface area contributed by atoms with Crippen molar-refractivity contribution in [2.75, 3.05) is 6.54 Å². The van der Waals surface area contributed by atoms with Gasteiger partial charge < -0.3 is 5.73 Å². The monoisotopic (exact) mass is 153 g/mol. The highest BCUT2D eigenvalue weighted by Gasteiger charge is 2.03. The summed E-state index contributed by atoms with van der Waals surface area (Å²) in [6.45, 7) is 6.12. The lowest BCUT2D eigenvalue weighted by Gasteiger charge is -2.06. The van der Waals surface area contributed by atoms with Gasteiger partial charge in [0.15, 0.2) is 5.78 Å². The van der Waals surface area contributed by atoms with E-state index in [1.807, 2.05) is 20.8 Å². The second kappa shape index (κ2) is 4.15. The van der Waals surface area contributed by atoms with E-state index in [-0.39, 0.29) is 24.2 Å². The average molecular weight is 153 g/mol. The highest BCUT2D eigenvalue weighted by Crippen LogP contribution is 2.09. The first-order valence-electron chi connectivity index (χ1n) is 3.67. The van der Waals surface area contributed by atoms with Crippen LogP contribution in [0, 0.1) is 17.3 Å². The van der Waals surface area contributed by atoms with Gasteiger partial charge in [0.2, 0.25) is 0 Å². The van der Waals surface area contributed by atoms with Crippen LogP contribution >= 0.6 is 0 Å². The van der Waals surface area contributed by atoms with E-state index in [9.17, 15) is 4.79 Å². The number of carbonyl (C=O) groups is 1. The summed E-state index contributed by atoms with van der Waals surface area (Å²) in [4.78, 5) is 10.7. The van der Waals surface area contributed by atoms with Crippen LogP contribution in [0.1, 0.15) is 27.2 Å². The summed E-state index contributed by atoms with van der Waals surface area (Å²) >= 11 is 0. The van der Waals surface area contributed by atoms with Crippen LogP contribution in [0.5, 0.6) is 0 Å². The van der Waals surface area contributed by atoms with Crippen molar-refractivity contribution in [2.24, 2.45) is 11.1 Å². The zero-order valence-corrected chi connectivity index (χ0v) is 7.40. The molecular weight excluding hydrogens is 138 g/mol. The van der Waals surface area contributed by atoms with Gasteiger partial charge in [-0.15, -0.1) is 0 Å². The summed E-state index contributed by atoms with van der Waals surface area (Å²) in [7, 11) is 0. The second-order valence-electron chi connectivity index (χ2n) is 3.47. The van der Waals surface area contributed by atoms with Crippen LogP contribution in [0.15, 0.2) is 0 Å². The minimum absolute atomic E-state index is 0.00162. The molecular formula is C9H15NO. The molecule has 0 aromatic rings. The molecule has 11 heavy (non-hydrogen) atoms. The van der Waals surface area contributed by atoms with Gasteiger partial charge in [-0.2, -0.15) is 0 Å². The van der Waals surface area contributed by atoms with Gasteiger partial charge in [-0.1, -0.05) is 11.8 Å². The zero-order valence-electron chi connectivity index (χ0n) is 7.40. The SMILES string of the molecule is CC(C)(C)C#CCC(=O)CN. The van der Waals surface area contributed by atoms with Crippen molar-refractivity contribution in [3.8, 4) is 11.8 Å². The molecule has 0 fully saturated rings. The van der Waals surface area contributed by atoms with E-state index in [2.05, 4.69) is 11.8 Å². The lowest BCUT2D eigenvalue weighted by atomic mass is 9.98. The number of hydrogen-bond acceptors (Lipinski definition) is 2. The molecule has 0 atom stereocenters. The van der Waals surface area contributed by atoms with Gasteiger partial charge in [-0.05, 0) is 20.8 Å². The lowest BCUT2D eigenvalue weighted by molar-refractivity contribution is -0.116. The standard InChI is InChI=1S/C9H15NO/c1-9(2,3)6-4-5-8(11)7-10/h5,7,10H2,1-3H3. The Hall–Kier alpha value is -0.810. The first kappa shape index (κ1) is 10.2. The molecule has 0 aliphatic heterocycles. The Balaban J connectivity index is 3.83. The van der Waals surface area contributed by atoms with Gasteiger partial charge in [0, 0.05) is 5.41 Å². The van der Waals surface area contributed by atoms with Crippen LogP contribution in [0.25, 0.3) is 0 Å². The van der Waals surface area contributed by atoms with E-state index in [1.165, 1.54) is 0 Å². The van der Waals surface area contributed by atoms with Crippen LogP contribution in [0.3, 0.4) is 0 Å². The quantitative estimate of drug-likeness (QED) is 0.600. The van der Waals surface area contributed by atoms with Crippen LogP contribution < -0.4 is 5.73 Å². The Morgan fingerprint density at radius 1 is 1.45 bits per heavy atom. The molecule has 0 amide bonds. The van der Waals surface area contributed by atoms with Crippen molar-refractivity contribution in [3.63, 3.8) is 0 Å². The number of Topliss-reactive ketones (excluding diaryl/α,β-unsaturated/α-hetero) is 1. The lowest BCUT2D eigenvalue weighted by Crippen LogP contribution is -2.12. The fraction of sp³-hybridized carbons (Fsp3) is 0.667. The minimum Gasteiger partial charge on any atom is -0.324 e. The van der Waals surface area contributed by atoms with E-state index in [0.29, 0.717) is 0 Å². The van der Waals surface area contributed by atoms with Gasteiger partial charge >= 0.3 is 0 Å². The number of nitrogens with two attached hydrogens (primary N) is 1. The number of rotatable bonds is 2. The third-order valence-electron chi connectivity index (χ3n) is 0.977. The fourth-order valence-corrected chi connectivity index (χ4v) is 0.480. The van der Waals surface area contributed by atoms with Crippen LogP contribution in [0.2, 0.25) is 0 Å². The minimum atomic E-state index is -0.0190. The van der Waals surface area contributed by atoms with Gasteiger partial charge in [0.1, 0.15) is 0 Å². The maximum atomic E-state index is 10.7. The molecule has 2 nitrogen and oxygen atoms in total. The number of hydrogen-bond donors (Lipinski definition) is 1.